The lowest BCUT2D eigenvalue weighted by Crippen LogP contribution is -2.53. The maximum atomic E-state index is 9.56. The third-order valence-electron chi connectivity index (χ3n) is 4.92. The van der Waals surface area contributed by atoms with Crippen molar-refractivity contribution in [1.82, 2.24) is 9.88 Å². The number of hydrogen-bond donors (Lipinski definition) is 1. The fraction of sp³-hybridized carbons (Fsp3) is 0.429. The molecule has 27 heavy (non-hydrogen) atoms. The molecule has 1 aliphatic heterocycles. The van der Waals surface area contributed by atoms with Gasteiger partial charge in [-0.1, -0.05) is 18.2 Å². The monoisotopic (exact) mass is 366 g/mol. The Morgan fingerprint density at radius 1 is 1.26 bits per heavy atom. The number of ether oxygens (including phenoxy) is 1. The molecule has 142 valence electrons. The van der Waals surface area contributed by atoms with Gasteiger partial charge in [0.05, 0.1) is 12.2 Å². The lowest BCUT2D eigenvalue weighted by Gasteiger charge is -2.42. The molecule has 0 spiro atoms. The highest BCUT2D eigenvalue weighted by Crippen LogP contribution is 2.26. The van der Waals surface area contributed by atoms with Crippen LogP contribution < -0.4 is 9.64 Å². The van der Waals surface area contributed by atoms with Crippen molar-refractivity contribution in [1.29, 1.82) is 5.26 Å². The fourth-order valence-electron chi connectivity index (χ4n) is 3.60. The number of hydrogen-bond acceptors (Lipinski definition) is 6. The molecule has 0 bridgehead atoms. The molecule has 2 heterocycles. The summed E-state index contributed by atoms with van der Waals surface area (Å²) in [6.07, 6.45) is 2.41. The molecular formula is C21H26N4O2. The number of piperazine rings is 1. The maximum absolute atomic E-state index is 9.56. The van der Waals surface area contributed by atoms with Gasteiger partial charge in [-0.2, -0.15) is 5.26 Å². The number of rotatable bonds is 7. The van der Waals surface area contributed by atoms with Gasteiger partial charge >= 0.3 is 0 Å². The van der Waals surface area contributed by atoms with E-state index in [9.17, 15) is 10.4 Å². The lowest BCUT2D eigenvalue weighted by molar-refractivity contribution is 0.134. The number of aliphatic hydroxyl groups excluding tert-OH is 1. The summed E-state index contributed by atoms with van der Waals surface area (Å²) in [5, 5.41) is 18.9. The van der Waals surface area contributed by atoms with Crippen molar-refractivity contribution < 1.29 is 9.84 Å². The number of para-hydroxylation sites is 1. The summed E-state index contributed by atoms with van der Waals surface area (Å²) in [6.45, 7) is 5.92. The van der Waals surface area contributed by atoms with E-state index < -0.39 is 0 Å². The van der Waals surface area contributed by atoms with Gasteiger partial charge in [0.15, 0.2) is 0 Å². The predicted octanol–water partition coefficient (Wildman–Crippen LogP) is 2.43. The van der Waals surface area contributed by atoms with Crippen LogP contribution >= 0.6 is 0 Å². The average Bonchev–Trinajstić information content (AvgIpc) is 2.71. The van der Waals surface area contributed by atoms with E-state index in [-0.39, 0.29) is 12.6 Å². The van der Waals surface area contributed by atoms with Crippen molar-refractivity contribution in [3.63, 3.8) is 0 Å². The topological polar surface area (TPSA) is 72.6 Å². The molecule has 1 fully saturated rings. The number of pyridine rings is 1. The minimum absolute atomic E-state index is 0.134. The SMILES string of the molecule is CCOc1ccccc1CN1CCN(c2ncccc2C#N)CC1CCO. The van der Waals surface area contributed by atoms with Crippen LogP contribution in [0.5, 0.6) is 5.75 Å². The molecule has 0 amide bonds. The third-order valence-corrected chi connectivity index (χ3v) is 4.92. The van der Waals surface area contributed by atoms with Crippen LogP contribution in [0.2, 0.25) is 0 Å². The fourth-order valence-corrected chi connectivity index (χ4v) is 3.60. The molecule has 0 radical (unpaired) electrons. The zero-order valence-corrected chi connectivity index (χ0v) is 15.7. The standard InChI is InChI=1S/C21H26N4O2/c1-2-27-20-8-4-3-6-18(20)15-24-11-12-25(16-19(24)9-13-26)21-17(14-22)7-5-10-23-21/h3-8,10,19,26H,2,9,11-13,15-16H2,1H3. The number of anilines is 1. The van der Waals surface area contributed by atoms with Gasteiger partial charge in [0.25, 0.3) is 0 Å². The van der Waals surface area contributed by atoms with Crippen LogP contribution in [0.15, 0.2) is 42.6 Å². The number of aromatic nitrogens is 1. The minimum atomic E-state index is 0.134. The van der Waals surface area contributed by atoms with E-state index in [1.54, 1.807) is 18.3 Å². The maximum Gasteiger partial charge on any atom is 0.146 e. The molecule has 6 heteroatoms. The first-order valence-electron chi connectivity index (χ1n) is 9.42. The smallest absolute Gasteiger partial charge is 0.146 e. The van der Waals surface area contributed by atoms with Gasteiger partial charge in [0.1, 0.15) is 17.6 Å². The average molecular weight is 366 g/mol. The highest BCUT2D eigenvalue weighted by molar-refractivity contribution is 5.54. The summed E-state index contributed by atoms with van der Waals surface area (Å²) < 4.78 is 5.76. The minimum Gasteiger partial charge on any atom is -0.494 e. The molecular weight excluding hydrogens is 340 g/mol. The van der Waals surface area contributed by atoms with Crippen molar-refractivity contribution >= 4 is 5.82 Å². The Kier molecular flexibility index (Phi) is 6.64. The first-order chi connectivity index (χ1) is 13.3. The van der Waals surface area contributed by atoms with Crippen molar-refractivity contribution in [3.05, 3.63) is 53.7 Å². The van der Waals surface area contributed by atoms with Gasteiger partial charge in [-0.25, -0.2) is 4.98 Å². The van der Waals surface area contributed by atoms with E-state index in [4.69, 9.17) is 4.74 Å². The third kappa shape index (κ3) is 4.57. The molecule has 0 aliphatic carbocycles. The zero-order valence-electron chi connectivity index (χ0n) is 15.7. The van der Waals surface area contributed by atoms with Crippen molar-refractivity contribution in [3.8, 4) is 11.8 Å². The Labute approximate surface area is 160 Å². The van der Waals surface area contributed by atoms with Gasteiger partial charge < -0.3 is 14.7 Å². The number of benzene rings is 1. The lowest BCUT2D eigenvalue weighted by atomic mass is 10.1. The summed E-state index contributed by atoms with van der Waals surface area (Å²) in [6, 6.07) is 14.1. The molecule has 1 unspecified atom stereocenters. The van der Waals surface area contributed by atoms with Crippen LogP contribution in [0.25, 0.3) is 0 Å². The second-order valence-electron chi connectivity index (χ2n) is 6.61. The summed E-state index contributed by atoms with van der Waals surface area (Å²) in [5.41, 5.74) is 1.75. The Morgan fingerprint density at radius 2 is 2.11 bits per heavy atom. The predicted molar refractivity (Wildman–Crippen MR) is 105 cm³/mol. The Hall–Kier alpha value is -2.62. The van der Waals surface area contributed by atoms with Crippen LogP contribution in [-0.4, -0.2) is 53.9 Å². The second kappa shape index (κ2) is 9.36. The highest BCUT2D eigenvalue weighted by atomic mass is 16.5. The molecule has 1 aliphatic rings. The summed E-state index contributed by atoms with van der Waals surface area (Å²) in [5.74, 6) is 1.65. The van der Waals surface area contributed by atoms with E-state index in [0.717, 1.165) is 43.3 Å². The number of nitriles is 1. The molecule has 6 nitrogen and oxygen atoms in total. The molecule has 3 rings (SSSR count). The Bertz CT molecular complexity index is 790. The molecule has 1 atom stereocenters. The van der Waals surface area contributed by atoms with Crippen LogP contribution in [0.1, 0.15) is 24.5 Å². The summed E-state index contributed by atoms with van der Waals surface area (Å²) >= 11 is 0. The highest BCUT2D eigenvalue weighted by Gasteiger charge is 2.29. The van der Waals surface area contributed by atoms with Gasteiger partial charge in [0, 0.05) is 50.6 Å². The number of nitrogens with zero attached hydrogens (tertiary/aromatic N) is 4. The van der Waals surface area contributed by atoms with E-state index in [2.05, 4.69) is 26.9 Å². The van der Waals surface area contributed by atoms with Gasteiger partial charge in [-0.05, 0) is 31.5 Å². The zero-order chi connectivity index (χ0) is 19.1. The van der Waals surface area contributed by atoms with Crippen LogP contribution in [-0.2, 0) is 6.54 Å². The molecule has 1 aromatic carbocycles. The molecule has 1 saturated heterocycles. The van der Waals surface area contributed by atoms with Crippen molar-refractivity contribution in [2.75, 3.05) is 37.7 Å². The Morgan fingerprint density at radius 3 is 2.89 bits per heavy atom. The molecule has 0 saturated carbocycles. The molecule has 2 aromatic rings. The quantitative estimate of drug-likeness (QED) is 0.811. The summed E-state index contributed by atoms with van der Waals surface area (Å²) in [7, 11) is 0. The van der Waals surface area contributed by atoms with Crippen LogP contribution in [0.3, 0.4) is 0 Å². The normalized spacial score (nSPS) is 17.5. The van der Waals surface area contributed by atoms with Crippen molar-refractivity contribution in [2.45, 2.75) is 25.9 Å². The van der Waals surface area contributed by atoms with Gasteiger partial charge in [0.2, 0.25) is 0 Å². The number of aliphatic hydroxyl groups is 1. The van der Waals surface area contributed by atoms with Gasteiger partial charge in [-0.3, -0.25) is 4.90 Å². The second-order valence-corrected chi connectivity index (χ2v) is 6.61. The summed E-state index contributed by atoms with van der Waals surface area (Å²) in [4.78, 5) is 8.96. The van der Waals surface area contributed by atoms with Crippen LogP contribution in [0.4, 0.5) is 5.82 Å². The first kappa shape index (κ1) is 19.2. The Balaban J connectivity index is 1.76. The van der Waals surface area contributed by atoms with Crippen LogP contribution in [0, 0.1) is 11.3 Å². The first-order valence-corrected chi connectivity index (χ1v) is 9.42. The van der Waals surface area contributed by atoms with E-state index in [1.807, 2.05) is 25.1 Å². The van der Waals surface area contributed by atoms with Gasteiger partial charge in [-0.15, -0.1) is 0 Å². The molecule has 1 aromatic heterocycles. The largest absolute Gasteiger partial charge is 0.494 e. The molecule has 1 N–H and O–H groups in total. The van der Waals surface area contributed by atoms with E-state index >= 15 is 0 Å². The van der Waals surface area contributed by atoms with E-state index in [1.165, 1.54) is 0 Å². The van der Waals surface area contributed by atoms with Crippen molar-refractivity contribution in [2.24, 2.45) is 0 Å². The van der Waals surface area contributed by atoms with E-state index in [0.29, 0.717) is 18.6 Å².